The topological polar surface area (TPSA) is 69.6 Å². The van der Waals surface area contributed by atoms with Gasteiger partial charge in [0.05, 0.1) is 12.6 Å². The SMILES string of the molecule is CCN(CC(=O)NCC(=O)O)C(c1ccccc1)c1ccc(F)cc1. The van der Waals surface area contributed by atoms with E-state index in [4.69, 9.17) is 5.11 Å². The van der Waals surface area contributed by atoms with E-state index < -0.39 is 12.5 Å². The van der Waals surface area contributed by atoms with Crippen molar-refractivity contribution in [1.29, 1.82) is 0 Å². The summed E-state index contributed by atoms with van der Waals surface area (Å²) in [5.74, 6) is -1.78. The molecule has 1 atom stereocenters. The highest BCUT2D eigenvalue weighted by Gasteiger charge is 2.23. The van der Waals surface area contributed by atoms with Gasteiger partial charge in [0.2, 0.25) is 5.91 Å². The summed E-state index contributed by atoms with van der Waals surface area (Å²) in [5.41, 5.74) is 1.84. The number of aliphatic carboxylic acids is 1. The van der Waals surface area contributed by atoms with Crippen LogP contribution in [0, 0.1) is 5.82 Å². The van der Waals surface area contributed by atoms with E-state index in [1.54, 1.807) is 12.1 Å². The molecule has 0 saturated heterocycles. The molecule has 0 bridgehead atoms. The second-order valence-corrected chi connectivity index (χ2v) is 5.60. The van der Waals surface area contributed by atoms with Crippen LogP contribution in [0.2, 0.25) is 0 Å². The maximum Gasteiger partial charge on any atom is 0.322 e. The third-order valence-corrected chi connectivity index (χ3v) is 3.86. The van der Waals surface area contributed by atoms with Gasteiger partial charge in [-0.25, -0.2) is 4.39 Å². The Morgan fingerprint density at radius 3 is 2.24 bits per heavy atom. The fourth-order valence-electron chi connectivity index (χ4n) is 2.69. The van der Waals surface area contributed by atoms with E-state index >= 15 is 0 Å². The van der Waals surface area contributed by atoms with Crippen molar-refractivity contribution in [3.8, 4) is 0 Å². The summed E-state index contributed by atoms with van der Waals surface area (Å²) in [4.78, 5) is 24.6. The van der Waals surface area contributed by atoms with Crippen molar-refractivity contribution in [3.63, 3.8) is 0 Å². The van der Waals surface area contributed by atoms with E-state index in [0.29, 0.717) is 6.54 Å². The molecular formula is C19H21FN2O3. The summed E-state index contributed by atoms with van der Waals surface area (Å²) in [6.07, 6.45) is 0. The van der Waals surface area contributed by atoms with Crippen LogP contribution in [-0.2, 0) is 9.59 Å². The number of carboxylic acids is 1. The minimum absolute atomic E-state index is 0.0424. The molecular weight excluding hydrogens is 323 g/mol. The highest BCUT2D eigenvalue weighted by atomic mass is 19.1. The molecule has 25 heavy (non-hydrogen) atoms. The third kappa shape index (κ3) is 5.39. The number of hydrogen-bond donors (Lipinski definition) is 2. The fourth-order valence-corrected chi connectivity index (χ4v) is 2.69. The highest BCUT2D eigenvalue weighted by molar-refractivity contribution is 5.82. The fraction of sp³-hybridized carbons (Fsp3) is 0.263. The van der Waals surface area contributed by atoms with Gasteiger partial charge in [-0.1, -0.05) is 49.4 Å². The van der Waals surface area contributed by atoms with Crippen molar-refractivity contribution < 1.29 is 19.1 Å². The van der Waals surface area contributed by atoms with Crippen molar-refractivity contribution >= 4 is 11.9 Å². The summed E-state index contributed by atoms with van der Waals surface area (Å²) in [7, 11) is 0. The summed E-state index contributed by atoms with van der Waals surface area (Å²) in [5, 5.41) is 11.1. The van der Waals surface area contributed by atoms with Crippen molar-refractivity contribution in [1.82, 2.24) is 10.2 Å². The lowest BCUT2D eigenvalue weighted by Gasteiger charge is -2.31. The predicted molar refractivity (Wildman–Crippen MR) is 92.6 cm³/mol. The quantitative estimate of drug-likeness (QED) is 0.772. The molecule has 2 N–H and O–H groups in total. The molecule has 0 aliphatic rings. The average Bonchev–Trinajstić information content (AvgIpc) is 2.62. The maximum atomic E-state index is 13.3. The molecule has 0 aliphatic heterocycles. The van der Waals surface area contributed by atoms with Gasteiger partial charge in [0.15, 0.2) is 0 Å². The van der Waals surface area contributed by atoms with Gasteiger partial charge in [0.25, 0.3) is 0 Å². The molecule has 132 valence electrons. The Morgan fingerprint density at radius 2 is 1.68 bits per heavy atom. The molecule has 2 aromatic rings. The molecule has 2 aromatic carbocycles. The number of nitrogens with zero attached hydrogens (tertiary/aromatic N) is 1. The van der Waals surface area contributed by atoms with Crippen LogP contribution in [0.15, 0.2) is 54.6 Å². The monoisotopic (exact) mass is 344 g/mol. The first-order valence-corrected chi connectivity index (χ1v) is 8.04. The Morgan fingerprint density at radius 1 is 1.08 bits per heavy atom. The van der Waals surface area contributed by atoms with Crippen LogP contribution >= 0.6 is 0 Å². The first kappa shape index (κ1) is 18.6. The number of likely N-dealkylation sites (N-methyl/N-ethyl adjacent to an activating group) is 1. The smallest absolute Gasteiger partial charge is 0.322 e. The van der Waals surface area contributed by atoms with Gasteiger partial charge in [0.1, 0.15) is 12.4 Å². The second kappa shape index (κ2) is 8.94. The van der Waals surface area contributed by atoms with Crippen LogP contribution in [-0.4, -0.2) is 41.5 Å². The zero-order chi connectivity index (χ0) is 18.2. The maximum absolute atomic E-state index is 13.3. The molecule has 0 aromatic heterocycles. The van der Waals surface area contributed by atoms with Crippen molar-refractivity contribution in [3.05, 3.63) is 71.5 Å². The summed E-state index contributed by atoms with van der Waals surface area (Å²) >= 11 is 0. The van der Waals surface area contributed by atoms with Crippen molar-refractivity contribution in [2.24, 2.45) is 0 Å². The minimum Gasteiger partial charge on any atom is -0.480 e. The number of nitrogens with one attached hydrogen (secondary N) is 1. The second-order valence-electron chi connectivity index (χ2n) is 5.60. The van der Waals surface area contributed by atoms with E-state index in [2.05, 4.69) is 5.32 Å². The normalized spacial score (nSPS) is 12.0. The minimum atomic E-state index is -1.09. The summed E-state index contributed by atoms with van der Waals surface area (Å²) < 4.78 is 13.3. The number of rotatable bonds is 8. The molecule has 5 nitrogen and oxygen atoms in total. The van der Waals surface area contributed by atoms with Crippen molar-refractivity contribution in [2.45, 2.75) is 13.0 Å². The van der Waals surface area contributed by atoms with Gasteiger partial charge in [-0.15, -0.1) is 0 Å². The zero-order valence-corrected chi connectivity index (χ0v) is 14.0. The predicted octanol–water partition coefficient (Wildman–Crippen LogP) is 2.44. The molecule has 0 fully saturated rings. The number of amides is 1. The van der Waals surface area contributed by atoms with E-state index in [9.17, 15) is 14.0 Å². The molecule has 6 heteroatoms. The van der Waals surface area contributed by atoms with Gasteiger partial charge in [0, 0.05) is 0 Å². The average molecular weight is 344 g/mol. The van der Waals surface area contributed by atoms with Crippen molar-refractivity contribution in [2.75, 3.05) is 19.6 Å². The van der Waals surface area contributed by atoms with Crippen LogP contribution < -0.4 is 5.32 Å². The van der Waals surface area contributed by atoms with Gasteiger partial charge < -0.3 is 10.4 Å². The first-order valence-electron chi connectivity index (χ1n) is 8.04. The number of halogens is 1. The number of carboxylic acid groups (broad SMARTS) is 1. The standard InChI is InChI=1S/C19H21FN2O3/c1-2-22(13-17(23)21-12-18(24)25)19(14-6-4-3-5-7-14)15-8-10-16(20)11-9-15/h3-11,19H,2,12-13H2,1H3,(H,21,23)(H,24,25). The Hall–Kier alpha value is -2.73. The van der Waals surface area contributed by atoms with Gasteiger partial charge in [-0.2, -0.15) is 0 Å². The molecule has 0 saturated carbocycles. The van der Waals surface area contributed by atoms with Crippen LogP contribution in [0.5, 0.6) is 0 Å². The molecule has 0 radical (unpaired) electrons. The number of hydrogen-bond acceptors (Lipinski definition) is 3. The Bertz CT molecular complexity index is 704. The lowest BCUT2D eigenvalue weighted by atomic mass is 9.97. The van der Waals surface area contributed by atoms with E-state index in [-0.39, 0.29) is 24.3 Å². The number of carbonyl (C=O) groups is 2. The largest absolute Gasteiger partial charge is 0.480 e. The molecule has 0 spiro atoms. The number of benzene rings is 2. The lowest BCUT2D eigenvalue weighted by molar-refractivity contribution is -0.138. The van der Waals surface area contributed by atoms with Crippen LogP contribution in [0.1, 0.15) is 24.1 Å². The summed E-state index contributed by atoms with van der Waals surface area (Å²) in [6, 6.07) is 15.6. The molecule has 0 heterocycles. The summed E-state index contributed by atoms with van der Waals surface area (Å²) in [6.45, 7) is 2.12. The van der Waals surface area contributed by atoms with Gasteiger partial charge in [-0.05, 0) is 29.8 Å². The highest BCUT2D eigenvalue weighted by Crippen LogP contribution is 2.28. The molecule has 2 rings (SSSR count). The third-order valence-electron chi connectivity index (χ3n) is 3.86. The Kier molecular flexibility index (Phi) is 6.65. The molecule has 1 amide bonds. The Labute approximate surface area is 146 Å². The lowest BCUT2D eigenvalue weighted by Crippen LogP contribution is -2.41. The van der Waals surface area contributed by atoms with Crippen LogP contribution in [0.3, 0.4) is 0 Å². The Balaban J connectivity index is 2.27. The molecule has 0 aliphatic carbocycles. The first-order chi connectivity index (χ1) is 12.0. The van der Waals surface area contributed by atoms with E-state index in [0.717, 1.165) is 11.1 Å². The van der Waals surface area contributed by atoms with Crippen LogP contribution in [0.4, 0.5) is 4.39 Å². The van der Waals surface area contributed by atoms with Gasteiger partial charge >= 0.3 is 5.97 Å². The molecule has 1 unspecified atom stereocenters. The van der Waals surface area contributed by atoms with E-state index in [1.807, 2.05) is 42.2 Å². The van der Waals surface area contributed by atoms with Crippen LogP contribution in [0.25, 0.3) is 0 Å². The van der Waals surface area contributed by atoms with E-state index in [1.165, 1.54) is 12.1 Å². The van der Waals surface area contributed by atoms with Gasteiger partial charge in [-0.3, -0.25) is 14.5 Å². The number of carbonyl (C=O) groups excluding carboxylic acids is 1. The zero-order valence-electron chi connectivity index (χ0n) is 14.0.